The van der Waals surface area contributed by atoms with Gasteiger partial charge in [0, 0.05) is 25.0 Å². The number of hydrogen-bond acceptors (Lipinski definition) is 6. The number of aliphatic hydroxyl groups excluding tert-OH is 1. The van der Waals surface area contributed by atoms with E-state index in [1.165, 1.54) is 24.3 Å². The lowest BCUT2D eigenvalue weighted by Gasteiger charge is -2.18. The summed E-state index contributed by atoms with van der Waals surface area (Å²) in [7, 11) is 0. The lowest BCUT2D eigenvalue weighted by atomic mass is 10.3. The summed E-state index contributed by atoms with van der Waals surface area (Å²) in [5.41, 5.74) is -0.0591. The first-order chi connectivity index (χ1) is 9.97. The molecule has 8 heteroatoms. The van der Waals surface area contributed by atoms with Crippen LogP contribution < -0.4 is 4.74 Å². The van der Waals surface area contributed by atoms with Gasteiger partial charge in [-0.2, -0.15) is 0 Å². The first-order valence-corrected chi connectivity index (χ1v) is 6.36. The van der Waals surface area contributed by atoms with Gasteiger partial charge in [-0.1, -0.05) is 0 Å². The average Bonchev–Trinajstić information content (AvgIpc) is 2.77. The molecular formula is C13H14N2O6. The van der Waals surface area contributed by atoms with E-state index < -0.39 is 11.0 Å². The van der Waals surface area contributed by atoms with Crippen LogP contribution in [-0.4, -0.2) is 46.0 Å². The van der Waals surface area contributed by atoms with Crippen LogP contribution in [0.3, 0.4) is 0 Å². The van der Waals surface area contributed by atoms with E-state index >= 15 is 0 Å². The van der Waals surface area contributed by atoms with E-state index in [-0.39, 0.29) is 43.5 Å². The Labute approximate surface area is 120 Å². The third kappa shape index (κ3) is 3.76. The third-order valence-corrected chi connectivity index (χ3v) is 3.04. The average molecular weight is 294 g/mol. The lowest BCUT2D eigenvalue weighted by molar-refractivity contribution is -0.384. The molecule has 0 aromatic heterocycles. The Kier molecular flexibility index (Phi) is 4.49. The molecule has 1 heterocycles. The molecule has 1 unspecified atom stereocenters. The normalized spacial score (nSPS) is 16.1. The maximum atomic E-state index is 11.4. The number of ether oxygens (including phenoxy) is 1. The van der Waals surface area contributed by atoms with Crippen molar-refractivity contribution in [2.24, 2.45) is 0 Å². The second-order valence-electron chi connectivity index (χ2n) is 4.61. The van der Waals surface area contributed by atoms with Gasteiger partial charge in [-0.15, -0.1) is 0 Å². The summed E-state index contributed by atoms with van der Waals surface area (Å²) in [6, 6.07) is 5.40. The van der Waals surface area contributed by atoms with Gasteiger partial charge in [0.2, 0.25) is 11.8 Å². The van der Waals surface area contributed by atoms with Crippen LogP contribution >= 0.6 is 0 Å². The molecule has 1 aliphatic heterocycles. The number of β-amino-alcohol motifs (C(OH)–C–C–N with tert-alkyl or cyclic N) is 1. The van der Waals surface area contributed by atoms with Crippen LogP contribution in [0.4, 0.5) is 5.69 Å². The van der Waals surface area contributed by atoms with Gasteiger partial charge in [0.15, 0.2) is 0 Å². The quantitative estimate of drug-likeness (QED) is 0.464. The fourth-order valence-corrected chi connectivity index (χ4v) is 1.95. The Morgan fingerprint density at radius 1 is 1.24 bits per heavy atom. The van der Waals surface area contributed by atoms with E-state index in [2.05, 4.69) is 0 Å². The van der Waals surface area contributed by atoms with E-state index in [4.69, 9.17) is 4.74 Å². The van der Waals surface area contributed by atoms with E-state index in [9.17, 15) is 24.8 Å². The first-order valence-electron chi connectivity index (χ1n) is 6.36. The number of aliphatic hydroxyl groups is 1. The van der Waals surface area contributed by atoms with Crippen molar-refractivity contribution in [1.82, 2.24) is 4.90 Å². The second kappa shape index (κ2) is 6.31. The van der Waals surface area contributed by atoms with E-state index in [1.807, 2.05) is 0 Å². The van der Waals surface area contributed by atoms with Gasteiger partial charge in [-0.25, -0.2) is 0 Å². The van der Waals surface area contributed by atoms with Crippen molar-refractivity contribution in [3.8, 4) is 5.75 Å². The number of nitrogens with zero attached hydrogens (tertiary/aromatic N) is 2. The minimum Gasteiger partial charge on any atom is -0.491 e. The van der Waals surface area contributed by atoms with Crippen molar-refractivity contribution < 1.29 is 24.4 Å². The van der Waals surface area contributed by atoms with Gasteiger partial charge in [0.05, 0.1) is 11.5 Å². The van der Waals surface area contributed by atoms with Gasteiger partial charge in [0.25, 0.3) is 5.69 Å². The number of imide groups is 1. The number of carbonyl (C=O) groups is 2. The minimum atomic E-state index is -1.01. The molecule has 0 spiro atoms. The number of nitro groups is 1. The third-order valence-electron chi connectivity index (χ3n) is 3.04. The van der Waals surface area contributed by atoms with Crippen LogP contribution in [0.25, 0.3) is 0 Å². The Morgan fingerprint density at radius 3 is 2.33 bits per heavy atom. The number of amides is 2. The molecule has 1 saturated heterocycles. The smallest absolute Gasteiger partial charge is 0.269 e. The zero-order chi connectivity index (χ0) is 15.4. The number of nitro benzene ring substituents is 1. The highest BCUT2D eigenvalue weighted by Crippen LogP contribution is 2.18. The Bertz CT molecular complexity index is 540. The van der Waals surface area contributed by atoms with E-state index in [0.29, 0.717) is 5.75 Å². The molecule has 0 aliphatic carbocycles. The van der Waals surface area contributed by atoms with Crippen LogP contribution in [0, 0.1) is 10.1 Å². The predicted molar refractivity (Wildman–Crippen MR) is 70.6 cm³/mol. The van der Waals surface area contributed by atoms with Gasteiger partial charge >= 0.3 is 0 Å². The standard InChI is InChI=1S/C13H14N2O6/c16-10(7-14-12(17)5-6-13(14)18)8-21-11-3-1-9(2-4-11)15(19)20/h1-4,10,16H,5-8H2. The fourth-order valence-electron chi connectivity index (χ4n) is 1.95. The maximum Gasteiger partial charge on any atom is 0.269 e. The zero-order valence-electron chi connectivity index (χ0n) is 11.1. The van der Waals surface area contributed by atoms with Crippen LogP contribution in [0.5, 0.6) is 5.75 Å². The van der Waals surface area contributed by atoms with Crippen molar-refractivity contribution >= 4 is 17.5 Å². The lowest BCUT2D eigenvalue weighted by Crippen LogP contribution is -2.38. The van der Waals surface area contributed by atoms with Crippen LogP contribution in [0.2, 0.25) is 0 Å². The van der Waals surface area contributed by atoms with Gasteiger partial charge in [0.1, 0.15) is 18.5 Å². The van der Waals surface area contributed by atoms with Gasteiger partial charge in [-0.3, -0.25) is 24.6 Å². The van der Waals surface area contributed by atoms with Crippen molar-refractivity contribution in [3.63, 3.8) is 0 Å². The van der Waals surface area contributed by atoms with Crippen molar-refractivity contribution in [2.75, 3.05) is 13.2 Å². The Hall–Kier alpha value is -2.48. The molecule has 2 amide bonds. The molecule has 0 radical (unpaired) electrons. The minimum absolute atomic E-state index is 0.0591. The molecule has 1 aromatic rings. The van der Waals surface area contributed by atoms with E-state index in [0.717, 1.165) is 4.90 Å². The highest BCUT2D eigenvalue weighted by atomic mass is 16.6. The summed E-state index contributed by atoms with van der Waals surface area (Å²) in [4.78, 5) is 33.8. The van der Waals surface area contributed by atoms with Crippen molar-refractivity contribution in [3.05, 3.63) is 34.4 Å². The summed E-state index contributed by atoms with van der Waals surface area (Å²) in [5.74, 6) is -0.234. The predicted octanol–water partition coefficient (Wildman–Crippen LogP) is 0.484. The molecule has 0 bridgehead atoms. The number of likely N-dealkylation sites (tertiary alicyclic amines) is 1. The highest BCUT2D eigenvalue weighted by Gasteiger charge is 2.30. The maximum absolute atomic E-state index is 11.4. The molecule has 21 heavy (non-hydrogen) atoms. The van der Waals surface area contributed by atoms with Crippen LogP contribution in [-0.2, 0) is 9.59 Å². The molecule has 1 aliphatic rings. The number of rotatable bonds is 6. The van der Waals surface area contributed by atoms with Crippen LogP contribution in [0.15, 0.2) is 24.3 Å². The van der Waals surface area contributed by atoms with Crippen LogP contribution in [0.1, 0.15) is 12.8 Å². The molecule has 1 aromatic carbocycles. The molecule has 1 fully saturated rings. The summed E-state index contributed by atoms with van der Waals surface area (Å²) in [6.07, 6.45) is -0.657. The molecule has 1 N–H and O–H groups in total. The van der Waals surface area contributed by atoms with Crippen molar-refractivity contribution in [1.29, 1.82) is 0 Å². The number of benzene rings is 1. The van der Waals surface area contributed by atoms with Gasteiger partial charge < -0.3 is 9.84 Å². The number of hydrogen-bond donors (Lipinski definition) is 1. The fraction of sp³-hybridized carbons (Fsp3) is 0.385. The monoisotopic (exact) mass is 294 g/mol. The summed E-state index contributed by atoms with van der Waals surface area (Å²) >= 11 is 0. The number of non-ortho nitro benzene ring substituents is 1. The largest absolute Gasteiger partial charge is 0.491 e. The summed E-state index contributed by atoms with van der Waals surface area (Å²) < 4.78 is 5.26. The molecule has 112 valence electrons. The Morgan fingerprint density at radius 2 is 1.81 bits per heavy atom. The zero-order valence-corrected chi connectivity index (χ0v) is 11.1. The second-order valence-corrected chi connectivity index (χ2v) is 4.61. The molecular weight excluding hydrogens is 280 g/mol. The van der Waals surface area contributed by atoms with Crippen molar-refractivity contribution in [2.45, 2.75) is 18.9 Å². The SMILES string of the molecule is O=C1CCC(=O)N1CC(O)COc1ccc([N+](=O)[O-])cc1. The van der Waals surface area contributed by atoms with E-state index in [1.54, 1.807) is 0 Å². The highest BCUT2D eigenvalue weighted by molar-refractivity contribution is 6.01. The molecule has 1 atom stereocenters. The molecule has 2 rings (SSSR count). The molecule has 8 nitrogen and oxygen atoms in total. The van der Waals surface area contributed by atoms with Gasteiger partial charge in [-0.05, 0) is 12.1 Å². The first kappa shape index (κ1) is 14.9. The summed E-state index contributed by atoms with van der Waals surface area (Å²) in [6.45, 7) is -0.223. The Balaban J connectivity index is 1.83. The summed E-state index contributed by atoms with van der Waals surface area (Å²) in [5, 5.41) is 20.3. The number of carbonyl (C=O) groups excluding carboxylic acids is 2. The topological polar surface area (TPSA) is 110 Å². The molecule has 0 saturated carbocycles.